The third-order valence-corrected chi connectivity index (χ3v) is 14.5. The second-order valence-corrected chi connectivity index (χ2v) is 20.8. The number of aromatic nitrogens is 6. The number of nitrogens with one attached hydrogen (secondary N) is 3. The molecule has 24 heteroatoms. The molecule has 9 rings (SSSR count). The Bertz CT molecular complexity index is 3000. The van der Waals surface area contributed by atoms with Crippen molar-refractivity contribution in [3.63, 3.8) is 0 Å². The van der Waals surface area contributed by atoms with Crippen molar-refractivity contribution in [3.05, 3.63) is 76.7 Å². The molecule has 6 atom stereocenters. The zero-order valence-electron chi connectivity index (χ0n) is 42.3. The summed E-state index contributed by atoms with van der Waals surface area (Å²) in [6.07, 6.45) is 0.778. The highest BCUT2D eigenvalue weighted by Crippen LogP contribution is 2.43. The second kappa shape index (κ2) is 20.3. The summed E-state index contributed by atoms with van der Waals surface area (Å²) in [6, 6.07) is 3.35. The van der Waals surface area contributed by atoms with E-state index >= 15 is 0 Å². The minimum atomic E-state index is -4.63. The number of ether oxygens (including phenoxy) is 2. The average molecular weight is 1030 g/mol. The van der Waals surface area contributed by atoms with Crippen molar-refractivity contribution in [1.82, 2.24) is 59.8 Å². The van der Waals surface area contributed by atoms with Crippen molar-refractivity contribution >= 4 is 40.7 Å². The number of esters is 1. The van der Waals surface area contributed by atoms with E-state index < -0.39 is 83.8 Å². The number of hydrazine groups is 1. The molecule has 4 aliphatic rings. The molecule has 396 valence electrons. The summed E-state index contributed by atoms with van der Waals surface area (Å²) in [6.45, 7) is 8.12. The van der Waals surface area contributed by atoms with Gasteiger partial charge in [0, 0.05) is 67.4 Å². The number of carbonyl (C=O) groups excluding carboxylic acids is 5. The van der Waals surface area contributed by atoms with Crippen LogP contribution < -0.4 is 16.4 Å². The van der Waals surface area contributed by atoms with Crippen LogP contribution >= 0.6 is 0 Å². The molecule has 4 aromatic heterocycles. The van der Waals surface area contributed by atoms with Gasteiger partial charge in [0.15, 0.2) is 11.7 Å². The van der Waals surface area contributed by atoms with Gasteiger partial charge < -0.3 is 38.5 Å². The van der Waals surface area contributed by atoms with E-state index in [1.165, 1.54) is 34.8 Å². The van der Waals surface area contributed by atoms with Gasteiger partial charge in [0.25, 0.3) is 5.91 Å². The van der Waals surface area contributed by atoms with E-state index in [1.807, 2.05) is 13.8 Å². The maximum atomic E-state index is 14.7. The van der Waals surface area contributed by atoms with Crippen LogP contribution in [-0.4, -0.2) is 156 Å². The smallest absolute Gasteiger partial charge is 0.406 e. The van der Waals surface area contributed by atoms with Gasteiger partial charge >= 0.3 is 29.9 Å². The predicted octanol–water partition coefficient (Wildman–Crippen LogP) is 5.05. The van der Waals surface area contributed by atoms with Crippen LogP contribution in [0, 0.1) is 11.3 Å². The van der Waals surface area contributed by atoms with Crippen molar-refractivity contribution in [2.24, 2.45) is 11.3 Å². The number of piperazine rings is 1. The molecule has 1 aromatic carbocycles. The molecule has 3 saturated heterocycles. The lowest BCUT2D eigenvalue weighted by Crippen LogP contribution is -2.64. The number of nitrogens with zero attached hydrogens (tertiary/aromatic N) is 9. The fourth-order valence-electron chi connectivity index (χ4n) is 11.0. The van der Waals surface area contributed by atoms with E-state index in [0.717, 1.165) is 11.0 Å². The maximum Gasteiger partial charge on any atom is 0.406 e. The number of benzene rings is 1. The minimum Gasteiger partial charge on any atom is -0.464 e. The number of halogens is 3. The average Bonchev–Trinajstić information content (AvgIpc) is 4.15. The Labute approximate surface area is 423 Å². The van der Waals surface area contributed by atoms with Crippen LogP contribution in [0.25, 0.3) is 33.5 Å². The lowest BCUT2D eigenvalue weighted by Gasteiger charge is -2.43. The first-order valence-electron chi connectivity index (χ1n) is 24.8. The molecule has 0 aliphatic carbocycles. The highest BCUT2D eigenvalue weighted by atomic mass is 19.4. The first-order chi connectivity index (χ1) is 35.1. The molecule has 8 bridgehead atoms. The number of likely N-dealkylation sites (tertiary alicyclic amines) is 1. The van der Waals surface area contributed by atoms with Gasteiger partial charge in [0.2, 0.25) is 5.91 Å². The molecule has 8 heterocycles. The molecule has 2 unspecified atom stereocenters. The monoisotopic (exact) mass is 1030 g/mol. The molecule has 5 aromatic rings. The Morgan fingerprint density at radius 3 is 2.45 bits per heavy atom. The van der Waals surface area contributed by atoms with Crippen LogP contribution in [0.2, 0.25) is 0 Å². The quantitative estimate of drug-likeness (QED) is 0.173. The summed E-state index contributed by atoms with van der Waals surface area (Å²) in [5, 5.41) is 7.02. The topological polar surface area (TPSA) is 235 Å². The number of carbonyl (C=O) groups is 5. The lowest BCUT2D eigenvalue weighted by molar-refractivity contribution is -0.155. The van der Waals surface area contributed by atoms with E-state index in [4.69, 9.17) is 13.9 Å². The first-order valence-corrected chi connectivity index (χ1v) is 24.8. The number of pyridine rings is 1. The number of rotatable bonds is 8. The Kier molecular flexibility index (Phi) is 14.2. The molecule has 4 aliphatic heterocycles. The third kappa shape index (κ3) is 10.4. The van der Waals surface area contributed by atoms with Gasteiger partial charge in [-0.3, -0.25) is 24.4 Å². The summed E-state index contributed by atoms with van der Waals surface area (Å²) in [4.78, 5) is 99.9. The van der Waals surface area contributed by atoms with E-state index in [-0.39, 0.29) is 74.0 Å². The molecular weight excluding hydrogens is 970 g/mol. The van der Waals surface area contributed by atoms with Gasteiger partial charge in [-0.2, -0.15) is 22.8 Å². The summed E-state index contributed by atoms with van der Waals surface area (Å²) >= 11 is 0. The summed E-state index contributed by atoms with van der Waals surface area (Å²) < 4.78 is 64.3. The van der Waals surface area contributed by atoms with Gasteiger partial charge in [-0.1, -0.05) is 27.7 Å². The van der Waals surface area contributed by atoms with Crippen LogP contribution in [0.15, 0.2) is 58.3 Å². The molecule has 21 nitrogen and oxygen atoms in total. The van der Waals surface area contributed by atoms with Gasteiger partial charge in [-0.25, -0.2) is 29.9 Å². The third-order valence-electron chi connectivity index (χ3n) is 14.5. The zero-order valence-corrected chi connectivity index (χ0v) is 42.3. The Balaban J connectivity index is 1.05. The molecule has 74 heavy (non-hydrogen) atoms. The highest BCUT2D eigenvalue weighted by Gasteiger charge is 2.47. The summed E-state index contributed by atoms with van der Waals surface area (Å²) in [7, 11) is 3.01. The number of fused-ring (bicyclic) bond motifs is 8. The number of alkyl halides is 3. The van der Waals surface area contributed by atoms with Crippen molar-refractivity contribution in [2.75, 3.05) is 40.4 Å². The van der Waals surface area contributed by atoms with Crippen LogP contribution in [0.5, 0.6) is 0 Å². The predicted molar refractivity (Wildman–Crippen MR) is 260 cm³/mol. The molecular formula is C50H61F3N12O9. The minimum absolute atomic E-state index is 0.0475. The van der Waals surface area contributed by atoms with E-state index in [1.54, 1.807) is 67.1 Å². The first kappa shape index (κ1) is 51.8. The van der Waals surface area contributed by atoms with E-state index in [9.17, 15) is 41.9 Å². The van der Waals surface area contributed by atoms with E-state index in [0.29, 0.717) is 53.5 Å². The summed E-state index contributed by atoms with van der Waals surface area (Å²) in [5.41, 5.74) is 3.98. The lowest BCUT2D eigenvalue weighted by atomic mass is 9.84. The molecule has 5 amide bonds. The molecule has 0 saturated carbocycles. The van der Waals surface area contributed by atoms with Gasteiger partial charge in [0.1, 0.15) is 31.0 Å². The van der Waals surface area contributed by atoms with Gasteiger partial charge in [-0.15, -0.1) is 0 Å². The Morgan fingerprint density at radius 2 is 1.77 bits per heavy atom. The standard InChI is InChI=1S/C50H61F3N12O9/c1-27(2)41(60(6)47(70)61-22-30-13-14-31(23-61)65(30)48(71)64-26-56-46(69)59-64)43(66)57-36-19-39-55-21-38(74-39)29-12-15-37-33(18-29)34(20-49(4,5)25-73-45(68)35-11-9-17-63(58-35)44(36)67)42(62(37)24-50(51,52)53)32-10-8-16-54-40(32)28(3)72-7/h8,10,12,15-16,18,21,26-28,30-31,35-36,41,58H,9,11,13-14,17,19-20,22-25H2,1-7H3,(H,57,66)(H,59,69)/t28-,30?,31?,35-,36-,41-/m0/s1. The van der Waals surface area contributed by atoms with Crippen LogP contribution in [0.4, 0.5) is 22.8 Å². The molecule has 3 N–H and O–H groups in total. The second-order valence-electron chi connectivity index (χ2n) is 20.8. The van der Waals surface area contributed by atoms with Crippen molar-refractivity contribution < 1.29 is 51.0 Å². The van der Waals surface area contributed by atoms with Gasteiger partial charge in [0.05, 0.1) is 48.8 Å². The largest absolute Gasteiger partial charge is 0.464 e. The highest BCUT2D eigenvalue weighted by molar-refractivity contribution is 5.95. The fraction of sp³-hybridized carbons (Fsp3) is 0.540. The summed E-state index contributed by atoms with van der Waals surface area (Å²) in [5.74, 6) is -2.06. The number of oxazole rings is 1. The molecule has 3 fully saturated rings. The van der Waals surface area contributed by atoms with Crippen molar-refractivity contribution in [3.8, 4) is 22.6 Å². The number of urea groups is 1. The maximum absolute atomic E-state index is 14.7. The number of hydrogen-bond acceptors (Lipinski definition) is 13. The zero-order chi connectivity index (χ0) is 53.0. The van der Waals surface area contributed by atoms with Gasteiger partial charge in [-0.05, 0) is 80.8 Å². The number of aromatic amines is 1. The number of amides is 5. The Hall–Kier alpha value is -7.08. The number of hydrogen-bond donors (Lipinski definition) is 3. The number of H-pyrrole nitrogens is 1. The fourth-order valence-corrected chi connectivity index (χ4v) is 11.0. The van der Waals surface area contributed by atoms with Crippen LogP contribution in [0.1, 0.15) is 83.6 Å². The van der Waals surface area contributed by atoms with Crippen molar-refractivity contribution in [1.29, 1.82) is 0 Å². The van der Waals surface area contributed by atoms with Crippen LogP contribution in [0.3, 0.4) is 0 Å². The SMILES string of the molecule is CO[C@@H](C)c1ncccc1-c1c2c3cc(ccc3n1CC(F)(F)F)-c1cnc(o1)C[C@H](NC(=O)[C@H](C(C)C)N(C)C(=O)N1CC3CCC(C1)N3C(=O)n1cnc(=O)[nH]1)C(=O)N1CCC[C@H](N1)C(=O)OCC(C)(C)C2. The van der Waals surface area contributed by atoms with Crippen molar-refractivity contribution in [2.45, 2.75) is 122 Å². The Morgan fingerprint density at radius 1 is 1.03 bits per heavy atom. The normalized spacial score (nSPS) is 22.1. The van der Waals surface area contributed by atoms with Crippen LogP contribution in [-0.2, 0) is 43.2 Å². The number of cyclic esters (lactones) is 1. The molecule has 0 spiro atoms. The number of likely N-dealkylation sites (N-methyl/N-ethyl adjacent to an activating group) is 1. The van der Waals surface area contributed by atoms with E-state index in [2.05, 4.69) is 30.8 Å². The molecule has 0 radical (unpaired) electrons. The number of methoxy groups -OCH3 is 1.